The number of rotatable bonds is 10. The van der Waals surface area contributed by atoms with Crippen molar-refractivity contribution < 1.29 is 61.0 Å². The topological polar surface area (TPSA) is 250 Å². The molecule has 1 atom stereocenters. The number of benzene rings is 2. The van der Waals surface area contributed by atoms with Gasteiger partial charge in [0.25, 0.3) is 17.7 Å². The number of nitrogens with one attached hydrogen (secondary N) is 4. The molecule has 1 saturated heterocycles. The quantitative estimate of drug-likeness (QED) is 0.142. The van der Waals surface area contributed by atoms with Crippen LogP contribution in [0.15, 0.2) is 36.4 Å². The Hall–Kier alpha value is -6.80. The van der Waals surface area contributed by atoms with Gasteiger partial charge in [0, 0.05) is 24.6 Å². The molecule has 7 rings (SSSR count). The van der Waals surface area contributed by atoms with Gasteiger partial charge in [0.05, 0.1) is 45.9 Å². The van der Waals surface area contributed by atoms with E-state index in [1.54, 1.807) is 13.8 Å². The van der Waals surface area contributed by atoms with Crippen molar-refractivity contribution in [2.24, 2.45) is 11.1 Å². The Bertz CT molecular complexity index is 2370. The van der Waals surface area contributed by atoms with Crippen LogP contribution in [0.25, 0.3) is 5.69 Å². The number of halogens is 3. The molecule has 4 aliphatic rings. The van der Waals surface area contributed by atoms with Crippen LogP contribution in [0.5, 0.6) is 0 Å². The van der Waals surface area contributed by atoms with E-state index in [0.29, 0.717) is 25.7 Å². The number of fused-ring (bicyclic) bond motifs is 2. The van der Waals surface area contributed by atoms with E-state index in [1.165, 1.54) is 36.4 Å². The fraction of sp³-hybridized carbons (Fsp3) is 0.425. The molecule has 21 heteroatoms. The molecule has 0 spiro atoms. The summed E-state index contributed by atoms with van der Waals surface area (Å²) in [5, 5.41) is 14.1. The third-order valence-corrected chi connectivity index (χ3v) is 10.9. The minimum atomic E-state index is -4.87. The van der Waals surface area contributed by atoms with E-state index in [1.807, 2.05) is 0 Å². The fourth-order valence-corrected chi connectivity index (χ4v) is 8.16. The van der Waals surface area contributed by atoms with Crippen molar-refractivity contribution >= 4 is 58.9 Å². The number of hydrogen-bond donors (Lipinski definition) is 5. The molecular formula is C40H41F3N8O10. The molecular weight excluding hydrogens is 809 g/mol. The number of ether oxygens (including phenoxy) is 2. The van der Waals surface area contributed by atoms with Gasteiger partial charge in [-0.15, -0.1) is 0 Å². The summed E-state index contributed by atoms with van der Waals surface area (Å²) in [6.07, 6.45) is -5.32. The van der Waals surface area contributed by atoms with Crippen molar-refractivity contribution in [3.8, 4) is 5.69 Å². The Morgan fingerprint density at radius 1 is 0.934 bits per heavy atom. The molecule has 7 amide bonds. The Kier molecular flexibility index (Phi) is 11.3. The van der Waals surface area contributed by atoms with Gasteiger partial charge >= 0.3 is 18.4 Å². The van der Waals surface area contributed by atoms with E-state index in [-0.39, 0.29) is 84.3 Å². The van der Waals surface area contributed by atoms with Crippen molar-refractivity contribution in [1.29, 1.82) is 0 Å². The monoisotopic (exact) mass is 850 g/mol. The molecule has 2 aliphatic heterocycles. The van der Waals surface area contributed by atoms with Gasteiger partial charge in [-0.1, -0.05) is 19.9 Å². The summed E-state index contributed by atoms with van der Waals surface area (Å²) < 4.78 is 53.9. The highest BCUT2D eigenvalue weighted by Crippen LogP contribution is 2.42. The van der Waals surface area contributed by atoms with Crippen LogP contribution in [0.3, 0.4) is 0 Å². The largest absolute Gasteiger partial charge is 0.447 e. The molecule has 6 N–H and O–H groups in total. The first-order chi connectivity index (χ1) is 28.8. The number of nitrogens with zero attached hydrogens (tertiary/aromatic N) is 3. The van der Waals surface area contributed by atoms with Crippen LogP contribution in [0.2, 0.25) is 0 Å². The van der Waals surface area contributed by atoms with E-state index in [0.717, 1.165) is 9.58 Å². The van der Waals surface area contributed by atoms with Gasteiger partial charge in [-0.2, -0.15) is 18.3 Å². The number of Topliss-reactive ketones (excluding diaryl/α,β-unsaturated/α-hetero) is 1. The standard InChI is InChI=1S/C40H41F3N8O10/c1-39(2)17-27-31(28(52)18-39)32(40(41,42)43)49-51(27)20-8-11-22(33(44)54)25(16-20)46-19-6-9-21(10-7-19)61-37(58)45-14-15-60-38(59)47-24-5-3-4-23-30(24)36(57)50(35(23)56)26-12-13-29(53)48-34(26)55/h3-5,8,11,16,19,21,26,46H,6-7,9-10,12-15,17-18H2,1-2H3,(H2,44,54)(H,45,58)(H,47,59)(H,48,53,55)/t19-,21-,26?. The summed E-state index contributed by atoms with van der Waals surface area (Å²) in [5.41, 5.74) is 3.81. The van der Waals surface area contributed by atoms with Gasteiger partial charge in [-0.25, -0.2) is 14.3 Å². The van der Waals surface area contributed by atoms with Gasteiger partial charge in [-0.3, -0.25) is 44.3 Å². The third kappa shape index (κ3) is 8.76. The van der Waals surface area contributed by atoms with Crippen LogP contribution in [-0.2, 0) is 31.7 Å². The molecule has 3 aromatic rings. The van der Waals surface area contributed by atoms with Crippen LogP contribution < -0.4 is 27.0 Å². The second-order valence-corrected chi connectivity index (χ2v) is 16.0. The molecule has 2 aromatic carbocycles. The lowest BCUT2D eigenvalue weighted by Crippen LogP contribution is -2.54. The number of amides is 7. The summed E-state index contributed by atoms with van der Waals surface area (Å²) in [7, 11) is 0. The van der Waals surface area contributed by atoms with Gasteiger partial charge in [0.1, 0.15) is 18.8 Å². The Balaban J connectivity index is 0.893. The highest BCUT2D eigenvalue weighted by Gasteiger charge is 2.47. The third-order valence-electron chi connectivity index (χ3n) is 10.9. The lowest BCUT2D eigenvalue weighted by Gasteiger charge is -2.30. The van der Waals surface area contributed by atoms with Crippen LogP contribution in [0.4, 0.5) is 34.1 Å². The van der Waals surface area contributed by atoms with Crippen molar-refractivity contribution in [1.82, 2.24) is 25.3 Å². The Morgan fingerprint density at radius 2 is 1.67 bits per heavy atom. The number of hydrogen-bond acceptors (Lipinski definition) is 12. The van der Waals surface area contributed by atoms with Crippen molar-refractivity contribution in [2.45, 2.75) is 89.6 Å². The first-order valence-electron chi connectivity index (χ1n) is 19.5. The van der Waals surface area contributed by atoms with Crippen LogP contribution >= 0.6 is 0 Å². The molecule has 322 valence electrons. The first kappa shape index (κ1) is 42.3. The predicted octanol–water partition coefficient (Wildman–Crippen LogP) is 4.24. The number of primary amides is 1. The number of alkyl halides is 3. The number of alkyl carbamates (subject to hydrolysis) is 1. The van der Waals surface area contributed by atoms with Gasteiger partial charge < -0.3 is 25.8 Å². The summed E-state index contributed by atoms with van der Waals surface area (Å²) in [6.45, 7) is 3.15. The van der Waals surface area contributed by atoms with E-state index in [2.05, 4.69) is 26.4 Å². The molecule has 18 nitrogen and oxygen atoms in total. The van der Waals surface area contributed by atoms with Crippen molar-refractivity contribution in [3.63, 3.8) is 0 Å². The zero-order valence-corrected chi connectivity index (χ0v) is 32.9. The number of ketones is 1. The Labute approximate surface area is 345 Å². The molecule has 3 heterocycles. The lowest BCUT2D eigenvalue weighted by atomic mass is 9.75. The van der Waals surface area contributed by atoms with E-state index in [9.17, 15) is 51.5 Å². The molecule has 2 fully saturated rings. The fourth-order valence-electron chi connectivity index (χ4n) is 8.16. The van der Waals surface area contributed by atoms with Gasteiger partial charge in [0.2, 0.25) is 11.8 Å². The molecule has 0 radical (unpaired) electrons. The SMILES string of the molecule is CC1(C)CC(=O)c2c(C(F)(F)F)nn(-c3ccc(C(N)=O)c(N[C@H]4CC[C@H](OC(=O)NCCOC(=O)Nc5cccc6c5C(=O)N(C5CCC(=O)NC5=O)C6=O)CC4)c3)c2C1. The summed E-state index contributed by atoms with van der Waals surface area (Å²) in [5.74, 6) is -4.27. The number of piperidine rings is 1. The summed E-state index contributed by atoms with van der Waals surface area (Å²) in [6, 6.07) is 7.04. The maximum Gasteiger partial charge on any atom is 0.435 e. The molecule has 1 unspecified atom stereocenters. The van der Waals surface area contributed by atoms with Gasteiger partial charge in [-0.05, 0) is 74.3 Å². The minimum absolute atomic E-state index is 0.0366. The maximum atomic E-state index is 14.0. The van der Waals surface area contributed by atoms with E-state index >= 15 is 0 Å². The van der Waals surface area contributed by atoms with Crippen molar-refractivity contribution in [3.05, 3.63) is 70.0 Å². The number of aromatic nitrogens is 2. The molecule has 0 bridgehead atoms. The second kappa shape index (κ2) is 16.3. The number of carbonyl (C=O) groups is 8. The zero-order valence-electron chi connectivity index (χ0n) is 32.9. The van der Waals surface area contributed by atoms with Crippen LogP contribution in [0.1, 0.15) is 112 Å². The predicted molar refractivity (Wildman–Crippen MR) is 206 cm³/mol. The number of imide groups is 2. The number of carbonyl (C=O) groups excluding carboxylic acids is 8. The molecule has 2 aliphatic carbocycles. The highest BCUT2D eigenvalue weighted by molar-refractivity contribution is 6.26. The van der Waals surface area contributed by atoms with Crippen LogP contribution in [-0.4, -0.2) is 93.5 Å². The minimum Gasteiger partial charge on any atom is -0.447 e. The van der Waals surface area contributed by atoms with E-state index < -0.39 is 82.5 Å². The Morgan fingerprint density at radius 3 is 2.36 bits per heavy atom. The molecule has 1 saturated carbocycles. The zero-order chi connectivity index (χ0) is 44.0. The average molecular weight is 851 g/mol. The summed E-state index contributed by atoms with van der Waals surface area (Å²) in [4.78, 5) is 101. The second-order valence-electron chi connectivity index (χ2n) is 16.0. The van der Waals surface area contributed by atoms with E-state index in [4.69, 9.17) is 15.2 Å². The first-order valence-corrected chi connectivity index (χ1v) is 19.5. The molecule has 1 aromatic heterocycles. The number of nitrogens with two attached hydrogens (primary N) is 1. The van der Waals surface area contributed by atoms with Crippen molar-refractivity contribution in [2.75, 3.05) is 23.8 Å². The lowest BCUT2D eigenvalue weighted by molar-refractivity contribution is -0.141. The number of anilines is 2. The van der Waals surface area contributed by atoms with Crippen LogP contribution in [0, 0.1) is 5.41 Å². The summed E-state index contributed by atoms with van der Waals surface area (Å²) >= 11 is 0. The maximum absolute atomic E-state index is 14.0. The smallest absolute Gasteiger partial charge is 0.435 e. The highest BCUT2D eigenvalue weighted by atomic mass is 19.4. The van der Waals surface area contributed by atoms with Gasteiger partial charge in [0.15, 0.2) is 11.5 Å². The normalized spacial score (nSPS) is 21.0. The molecule has 61 heavy (non-hydrogen) atoms. The average Bonchev–Trinajstić information content (AvgIpc) is 3.69.